The van der Waals surface area contributed by atoms with Crippen molar-refractivity contribution in [3.05, 3.63) is 40.9 Å². The van der Waals surface area contributed by atoms with Gasteiger partial charge in [-0.25, -0.2) is 0 Å². The number of benzene rings is 1. The van der Waals surface area contributed by atoms with Gasteiger partial charge in [-0.15, -0.1) is 0 Å². The SMILES string of the molecule is C[C@H](C(=O)Nc1ccc(Br)cc1)N1C(=O)[C@@H]2[C@H]3C=C[C@@H]([C@@H]4C[C@@H]34)[C@@H]2C1=O. The summed E-state index contributed by atoms with van der Waals surface area (Å²) in [6.45, 7) is 1.64. The maximum atomic E-state index is 13.0. The number of imide groups is 1. The lowest BCUT2D eigenvalue weighted by atomic mass is 9.63. The lowest BCUT2D eigenvalue weighted by Gasteiger charge is -2.37. The highest BCUT2D eigenvalue weighted by atomic mass is 79.9. The van der Waals surface area contributed by atoms with Crippen molar-refractivity contribution in [2.45, 2.75) is 19.4 Å². The first-order chi connectivity index (χ1) is 12.5. The molecule has 1 saturated heterocycles. The standard InChI is InChI=1S/C20H19BrN2O3/c1-9(18(24)22-11-4-2-10(21)3-5-11)23-19(25)16-12-6-7-13(15-8-14(12)15)17(16)20(23)26/h2-7,9,12-17H,8H2,1H3,(H,22,24)/t9-,12+,13+,14+,15+,16-,17+/m1/s1. The highest BCUT2D eigenvalue weighted by Gasteiger charge is 2.67. The number of likely N-dealkylation sites (tertiary alicyclic amines) is 1. The fourth-order valence-corrected chi connectivity index (χ4v) is 5.52. The number of allylic oxidation sites excluding steroid dienone is 2. The van der Waals surface area contributed by atoms with Gasteiger partial charge in [0.25, 0.3) is 0 Å². The van der Waals surface area contributed by atoms with Crippen LogP contribution in [0.1, 0.15) is 13.3 Å². The Morgan fingerprint density at radius 3 is 2.15 bits per heavy atom. The van der Waals surface area contributed by atoms with Gasteiger partial charge in [-0.3, -0.25) is 19.3 Å². The summed E-state index contributed by atoms with van der Waals surface area (Å²) in [5, 5.41) is 2.80. The molecule has 1 N–H and O–H groups in total. The number of amides is 3. The first-order valence-corrected chi connectivity index (χ1v) is 9.88. The van der Waals surface area contributed by atoms with Crippen molar-refractivity contribution in [1.82, 2.24) is 4.90 Å². The average molecular weight is 415 g/mol. The van der Waals surface area contributed by atoms with E-state index in [0.717, 1.165) is 10.9 Å². The van der Waals surface area contributed by atoms with E-state index >= 15 is 0 Å². The van der Waals surface area contributed by atoms with Crippen molar-refractivity contribution in [2.75, 3.05) is 5.32 Å². The predicted molar refractivity (Wildman–Crippen MR) is 98.8 cm³/mol. The maximum absolute atomic E-state index is 13.0. The van der Waals surface area contributed by atoms with Gasteiger partial charge in [-0.2, -0.15) is 0 Å². The number of carbonyl (C=O) groups excluding carboxylic acids is 3. The molecule has 5 nitrogen and oxygen atoms in total. The van der Waals surface area contributed by atoms with E-state index in [0.29, 0.717) is 17.5 Å². The van der Waals surface area contributed by atoms with Gasteiger partial charge in [0.1, 0.15) is 6.04 Å². The molecule has 2 bridgehead atoms. The first-order valence-electron chi connectivity index (χ1n) is 9.09. The summed E-state index contributed by atoms with van der Waals surface area (Å²) in [5.74, 6) is 0.305. The first kappa shape index (κ1) is 16.2. The van der Waals surface area contributed by atoms with Gasteiger partial charge in [0.15, 0.2) is 0 Å². The van der Waals surface area contributed by atoms with Crippen LogP contribution in [-0.2, 0) is 14.4 Å². The molecular formula is C20H19BrN2O3. The van der Waals surface area contributed by atoms with Gasteiger partial charge < -0.3 is 5.32 Å². The summed E-state index contributed by atoms with van der Waals surface area (Å²) in [6.07, 6.45) is 5.41. The van der Waals surface area contributed by atoms with Gasteiger partial charge in [-0.1, -0.05) is 28.1 Å². The number of anilines is 1. The van der Waals surface area contributed by atoms with E-state index in [4.69, 9.17) is 0 Å². The molecule has 0 spiro atoms. The van der Waals surface area contributed by atoms with E-state index in [2.05, 4.69) is 33.4 Å². The van der Waals surface area contributed by atoms with Crippen LogP contribution in [0.2, 0.25) is 0 Å². The van der Waals surface area contributed by atoms with Crippen LogP contribution in [0.5, 0.6) is 0 Å². The van der Waals surface area contributed by atoms with Crippen molar-refractivity contribution in [2.24, 2.45) is 35.5 Å². The normalized spacial score (nSPS) is 37.4. The van der Waals surface area contributed by atoms with E-state index in [-0.39, 0.29) is 41.4 Å². The minimum Gasteiger partial charge on any atom is -0.324 e. The summed E-state index contributed by atoms with van der Waals surface area (Å²) in [6, 6.07) is 6.41. The van der Waals surface area contributed by atoms with Crippen LogP contribution >= 0.6 is 15.9 Å². The smallest absolute Gasteiger partial charge is 0.247 e. The van der Waals surface area contributed by atoms with Crippen LogP contribution < -0.4 is 5.32 Å². The minimum atomic E-state index is -0.806. The molecule has 2 saturated carbocycles. The number of hydrogen-bond donors (Lipinski definition) is 1. The molecule has 0 aromatic heterocycles. The van der Waals surface area contributed by atoms with Crippen molar-refractivity contribution >= 4 is 39.3 Å². The molecule has 1 aliphatic heterocycles. The van der Waals surface area contributed by atoms with Crippen molar-refractivity contribution in [3.8, 4) is 0 Å². The van der Waals surface area contributed by atoms with E-state index < -0.39 is 6.04 Å². The number of nitrogens with one attached hydrogen (secondary N) is 1. The Balaban J connectivity index is 1.37. The second-order valence-corrected chi connectivity index (χ2v) is 8.79. The Morgan fingerprint density at radius 1 is 1.08 bits per heavy atom. The maximum Gasteiger partial charge on any atom is 0.247 e. The molecule has 0 unspecified atom stereocenters. The summed E-state index contributed by atoms with van der Waals surface area (Å²) in [4.78, 5) is 39.9. The molecule has 1 aromatic carbocycles. The number of carbonyl (C=O) groups is 3. The zero-order chi connectivity index (χ0) is 18.2. The molecule has 26 heavy (non-hydrogen) atoms. The molecule has 7 atom stereocenters. The van der Waals surface area contributed by atoms with Crippen LogP contribution in [0.4, 0.5) is 5.69 Å². The number of hydrogen-bond acceptors (Lipinski definition) is 3. The molecule has 6 rings (SSSR count). The monoisotopic (exact) mass is 414 g/mol. The summed E-state index contributed by atoms with van der Waals surface area (Å²) < 4.78 is 0.916. The largest absolute Gasteiger partial charge is 0.324 e. The van der Waals surface area contributed by atoms with Crippen LogP contribution in [0.3, 0.4) is 0 Å². The molecule has 0 radical (unpaired) electrons. The fourth-order valence-electron chi connectivity index (χ4n) is 5.26. The lowest BCUT2D eigenvalue weighted by molar-refractivity contribution is -0.146. The third-order valence-electron chi connectivity index (χ3n) is 6.58. The van der Waals surface area contributed by atoms with Crippen LogP contribution in [0, 0.1) is 35.5 Å². The second kappa shape index (κ2) is 5.52. The highest BCUT2D eigenvalue weighted by molar-refractivity contribution is 9.10. The molecular weight excluding hydrogens is 396 g/mol. The van der Waals surface area contributed by atoms with Gasteiger partial charge in [0.05, 0.1) is 11.8 Å². The van der Waals surface area contributed by atoms with Crippen molar-refractivity contribution in [3.63, 3.8) is 0 Å². The summed E-state index contributed by atoms with van der Waals surface area (Å²) in [5.41, 5.74) is 0.643. The topological polar surface area (TPSA) is 66.5 Å². The quantitative estimate of drug-likeness (QED) is 0.610. The number of halogens is 1. The summed E-state index contributed by atoms with van der Waals surface area (Å²) >= 11 is 3.35. The van der Waals surface area contributed by atoms with Gasteiger partial charge in [0, 0.05) is 10.2 Å². The molecule has 5 aliphatic rings. The Kier molecular flexibility index (Phi) is 3.45. The number of rotatable bonds is 3. The van der Waals surface area contributed by atoms with E-state index in [1.165, 1.54) is 4.90 Å². The van der Waals surface area contributed by atoms with E-state index in [9.17, 15) is 14.4 Å². The Bertz CT molecular complexity index is 813. The Hall–Kier alpha value is -1.95. The van der Waals surface area contributed by atoms with Crippen LogP contribution in [-0.4, -0.2) is 28.7 Å². The van der Waals surface area contributed by atoms with Gasteiger partial charge in [-0.05, 0) is 61.3 Å². The zero-order valence-corrected chi connectivity index (χ0v) is 15.8. The molecule has 1 aromatic rings. The highest BCUT2D eigenvalue weighted by Crippen LogP contribution is 2.65. The molecule has 3 fully saturated rings. The minimum absolute atomic E-state index is 0.164. The second-order valence-electron chi connectivity index (χ2n) is 7.87. The third kappa shape index (κ3) is 2.17. The third-order valence-corrected chi connectivity index (χ3v) is 7.10. The lowest BCUT2D eigenvalue weighted by Crippen LogP contribution is -2.46. The van der Waals surface area contributed by atoms with E-state index in [1.807, 2.05) is 12.1 Å². The molecule has 1 heterocycles. The van der Waals surface area contributed by atoms with Crippen molar-refractivity contribution < 1.29 is 14.4 Å². The Morgan fingerprint density at radius 2 is 1.62 bits per heavy atom. The van der Waals surface area contributed by atoms with Crippen molar-refractivity contribution in [1.29, 1.82) is 0 Å². The predicted octanol–water partition coefficient (Wildman–Crippen LogP) is 2.83. The molecule has 6 heteroatoms. The summed E-state index contributed by atoms with van der Waals surface area (Å²) in [7, 11) is 0. The van der Waals surface area contributed by atoms with Gasteiger partial charge in [0.2, 0.25) is 17.7 Å². The molecule has 3 amide bonds. The average Bonchev–Trinajstić information content (AvgIpc) is 3.41. The molecule has 4 aliphatic carbocycles. The fraction of sp³-hybridized carbons (Fsp3) is 0.450. The van der Waals surface area contributed by atoms with E-state index in [1.54, 1.807) is 19.1 Å². The Labute approximate surface area is 159 Å². The number of nitrogens with zero attached hydrogens (tertiary/aromatic N) is 1. The van der Waals surface area contributed by atoms with Gasteiger partial charge >= 0.3 is 0 Å². The van der Waals surface area contributed by atoms with Crippen LogP contribution in [0.15, 0.2) is 40.9 Å². The van der Waals surface area contributed by atoms with Crippen LogP contribution in [0.25, 0.3) is 0 Å². The zero-order valence-electron chi connectivity index (χ0n) is 14.3. The molecule has 134 valence electrons.